The van der Waals surface area contributed by atoms with Gasteiger partial charge in [0.1, 0.15) is 11.3 Å². The molecule has 0 aliphatic heterocycles. The third-order valence-corrected chi connectivity index (χ3v) is 4.21. The number of ether oxygens (including phenoxy) is 1. The van der Waals surface area contributed by atoms with Crippen molar-refractivity contribution in [1.29, 1.82) is 0 Å². The van der Waals surface area contributed by atoms with Crippen LogP contribution in [0.3, 0.4) is 0 Å². The van der Waals surface area contributed by atoms with Crippen molar-refractivity contribution in [3.05, 3.63) is 40.2 Å². The molecule has 1 amide bonds. The van der Waals surface area contributed by atoms with E-state index in [1.165, 1.54) is 6.07 Å². The van der Waals surface area contributed by atoms with Gasteiger partial charge in [0.05, 0.1) is 0 Å². The standard InChI is InChI=1S/C20H27NO4/c1-7-15-10-19(22)25-18-11-16(8-9-17(15)18)24-14(6)20(23)21(12(2)3)13(4)5/h8-14H,7H2,1-6H3. The first-order valence-corrected chi connectivity index (χ1v) is 8.80. The van der Waals surface area contributed by atoms with E-state index in [2.05, 4.69) is 0 Å². The van der Waals surface area contributed by atoms with Crippen molar-refractivity contribution in [2.75, 3.05) is 0 Å². The predicted molar refractivity (Wildman–Crippen MR) is 99.1 cm³/mol. The van der Waals surface area contributed by atoms with Crippen LogP contribution in [0, 0.1) is 0 Å². The van der Waals surface area contributed by atoms with E-state index in [-0.39, 0.29) is 23.6 Å². The number of aryl methyl sites for hydroxylation is 1. The quantitative estimate of drug-likeness (QED) is 0.748. The number of rotatable bonds is 6. The van der Waals surface area contributed by atoms with Crippen LogP contribution in [0.5, 0.6) is 5.75 Å². The summed E-state index contributed by atoms with van der Waals surface area (Å²) in [6.07, 6.45) is 0.123. The lowest BCUT2D eigenvalue weighted by Gasteiger charge is -2.33. The second-order valence-corrected chi connectivity index (χ2v) is 6.80. The minimum Gasteiger partial charge on any atom is -0.481 e. The number of hydrogen-bond donors (Lipinski definition) is 0. The van der Waals surface area contributed by atoms with E-state index in [0.717, 1.165) is 17.4 Å². The van der Waals surface area contributed by atoms with Crippen LogP contribution >= 0.6 is 0 Å². The Morgan fingerprint density at radius 1 is 1.12 bits per heavy atom. The maximum absolute atomic E-state index is 12.7. The van der Waals surface area contributed by atoms with Crippen LogP contribution < -0.4 is 10.4 Å². The number of carbonyl (C=O) groups is 1. The van der Waals surface area contributed by atoms with Crippen molar-refractivity contribution in [1.82, 2.24) is 4.90 Å². The molecule has 0 aliphatic rings. The van der Waals surface area contributed by atoms with Gasteiger partial charge >= 0.3 is 5.63 Å². The van der Waals surface area contributed by atoms with E-state index in [1.54, 1.807) is 24.0 Å². The molecule has 2 aromatic rings. The summed E-state index contributed by atoms with van der Waals surface area (Å²) in [7, 11) is 0. The summed E-state index contributed by atoms with van der Waals surface area (Å²) < 4.78 is 11.1. The van der Waals surface area contributed by atoms with Crippen LogP contribution in [-0.2, 0) is 11.2 Å². The highest BCUT2D eigenvalue weighted by Gasteiger charge is 2.26. The van der Waals surface area contributed by atoms with Gasteiger partial charge in [-0.2, -0.15) is 0 Å². The minimum atomic E-state index is -0.622. The summed E-state index contributed by atoms with van der Waals surface area (Å²) in [4.78, 5) is 26.2. The van der Waals surface area contributed by atoms with Gasteiger partial charge in [-0.1, -0.05) is 6.92 Å². The molecule has 5 nitrogen and oxygen atoms in total. The average molecular weight is 345 g/mol. The Morgan fingerprint density at radius 2 is 1.76 bits per heavy atom. The van der Waals surface area contributed by atoms with Gasteiger partial charge in [-0.15, -0.1) is 0 Å². The maximum atomic E-state index is 12.7. The molecule has 136 valence electrons. The number of amides is 1. The van der Waals surface area contributed by atoms with Crippen LogP contribution in [0.25, 0.3) is 11.0 Å². The van der Waals surface area contributed by atoms with E-state index in [0.29, 0.717) is 11.3 Å². The molecule has 0 radical (unpaired) electrons. The molecule has 1 aromatic heterocycles. The lowest BCUT2D eigenvalue weighted by Crippen LogP contribution is -2.47. The first-order chi connectivity index (χ1) is 11.7. The normalized spacial score (nSPS) is 12.6. The highest BCUT2D eigenvalue weighted by Crippen LogP contribution is 2.24. The van der Waals surface area contributed by atoms with Crippen molar-refractivity contribution >= 4 is 16.9 Å². The lowest BCUT2D eigenvalue weighted by atomic mass is 10.1. The van der Waals surface area contributed by atoms with Crippen LogP contribution in [0.1, 0.15) is 47.1 Å². The van der Waals surface area contributed by atoms with Gasteiger partial charge in [-0.3, -0.25) is 4.79 Å². The Labute approximate surface area is 148 Å². The van der Waals surface area contributed by atoms with E-state index >= 15 is 0 Å². The van der Waals surface area contributed by atoms with E-state index < -0.39 is 6.10 Å². The molecule has 1 heterocycles. The smallest absolute Gasteiger partial charge is 0.336 e. The van der Waals surface area contributed by atoms with Crippen LogP contribution in [0.2, 0.25) is 0 Å². The highest BCUT2D eigenvalue weighted by atomic mass is 16.5. The van der Waals surface area contributed by atoms with Gasteiger partial charge in [-0.05, 0) is 58.7 Å². The van der Waals surface area contributed by atoms with Crippen LogP contribution in [-0.4, -0.2) is 29.0 Å². The van der Waals surface area contributed by atoms with Crippen LogP contribution in [0.15, 0.2) is 33.5 Å². The molecule has 0 spiro atoms. The third-order valence-electron chi connectivity index (χ3n) is 4.21. The molecule has 0 N–H and O–H groups in total. The molecule has 0 fully saturated rings. The van der Waals surface area contributed by atoms with Gasteiger partial charge in [0.25, 0.3) is 5.91 Å². The van der Waals surface area contributed by atoms with Gasteiger partial charge < -0.3 is 14.1 Å². The summed E-state index contributed by atoms with van der Waals surface area (Å²) in [6, 6.07) is 7.06. The summed E-state index contributed by atoms with van der Waals surface area (Å²) in [5.41, 5.74) is 1.04. The number of benzene rings is 1. The first-order valence-electron chi connectivity index (χ1n) is 8.80. The average Bonchev–Trinajstić information content (AvgIpc) is 2.52. The van der Waals surface area contributed by atoms with Crippen LogP contribution in [0.4, 0.5) is 0 Å². The van der Waals surface area contributed by atoms with Crippen molar-refractivity contribution in [2.24, 2.45) is 0 Å². The zero-order valence-corrected chi connectivity index (χ0v) is 15.8. The number of hydrogen-bond acceptors (Lipinski definition) is 4. The van der Waals surface area contributed by atoms with E-state index in [4.69, 9.17) is 9.15 Å². The zero-order valence-electron chi connectivity index (χ0n) is 15.8. The summed E-state index contributed by atoms with van der Waals surface area (Å²) in [5.74, 6) is 0.450. The Bertz CT molecular complexity index is 799. The molecule has 1 atom stereocenters. The topological polar surface area (TPSA) is 59.8 Å². The highest BCUT2D eigenvalue weighted by molar-refractivity contribution is 5.83. The fraction of sp³-hybridized carbons (Fsp3) is 0.500. The van der Waals surface area contributed by atoms with Crippen molar-refractivity contribution in [2.45, 2.75) is 66.2 Å². The monoisotopic (exact) mass is 345 g/mol. The van der Waals surface area contributed by atoms with E-state index in [1.807, 2.05) is 40.7 Å². The second-order valence-electron chi connectivity index (χ2n) is 6.80. The molecule has 25 heavy (non-hydrogen) atoms. The number of fused-ring (bicyclic) bond motifs is 1. The van der Waals surface area contributed by atoms with E-state index in [9.17, 15) is 9.59 Å². The molecule has 0 saturated carbocycles. The molecule has 0 bridgehead atoms. The van der Waals surface area contributed by atoms with Gasteiger partial charge in [0.15, 0.2) is 6.10 Å². The largest absolute Gasteiger partial charge is 0.481 e. The summed E-state index contributed by atoms with van der Waals surface area (Å²) in [6.45, 7) is 11.7. The van der Waals surface area contributed by atoms with Gasteiger partial charge in [0, 0.05) is 29.6 Å². The summed E-state index contributed by atoms with van der Waals surface area (Å²) >= 11 is 0. The third kappa shape index (κ3) is 4.21. The number of carbonyl (C=O) groups excluding carboxylic acids is 1. The Hall–Kier alpha value is -2.30. The molecular formula is C20H27NO4. The first kappa shape index (κ1) is 19.0. The maximum Gasteiger partial charge on any atom is 0.336 e. The SMILES string of the molecule is CCc1cc(=O)oc2cc(OC(C)C(=O)N(C(C)C)C(C)C)ccc12. The molecule has 0 aliphatic carbocycles. The van der Waals surface area contributed by atoms with Crippen molar-refractivity contribution in [3.8, 4) is 5.75 Å². The second kappa shape index (κ2) is 7.72. The van der Waals surface area contributed by atoms with Gasteiger partial charge in [0.2, 0.25) is 0 Å². The minimum absolute atomic E-state index is 0.0612. The molecular weight excluding hydrogens is 318 g/mol. The molecule has 1 aromatic carbocycles. The summed E-state index contributed by atoms with van der Waals surface area (Å²) in [5, 5.41) is 0.888. The van der Waals surface area contributed by atoms with Gasteiger partial charge in [-0.25, -0.2) is 4.79 Å². The Balaban J connectivity index is 2.28. The Kier molecular flexibility index (Phi) is 5.88. The molecule has 2 rings (SSSR count). The van der Waals surface area contributed by atoms with Crippen molar-refractivity contribution < 1.29 is 13.9 Å². The fourth-order valence-electron chi connectivity index (χ4n) is 3.15. The molecule has 5 heteroatoms. The number of nitrogens with zero attached hydrogens (tertiary/aromatic N) is 1. The van der Waals surface area contributed by atoms with Crippen molar-refractivity contribution in [3.63, 3.8) is 0 Å². The lowest BCUT2D eigenvalue weighted by molar-refractivity contribution is -0.141. The predicted octanol–water partition coefficient (Wildman–Crippen LogP) is 3.77. The fourth-order valence-corrected chi connectivity index (χ4v) is 3.15. The molecule has 0 saturated heterocycles. The molecule has 1 unspecified atom stereocenters. The zero-order chi connectivity index (χ0) is 18.7. The Morgan fingerprint density at radius 3 is 2.32 bits per heavy atom.